The lowest BCUT2D eigenvalue weighted by molar-refractivity contribution is 0.669. The van der Waals surface area contributed by atoms with Crippen LogP contribution in [0.4, 0.5) is 0 Å². The highest BCUT2D eigenvalue weighted by Crippen LogP contribution is 2.53. The van der Waals surface area contributed by atoms with Crippen LogP contribution in [0.5, 0.6) is 0 Å². The summed E-state index contributed by atoms with van der Waals surface area (Å²) in [6.07, 6.45) is 0. The molecule has 149 heavy (non-hydrogen) atoms. The minimum absolute atomic E-state index is 0.184. The Morgan fingerprint density at radius 1 is 0.121 bits per heavy atom. The molecule has 32 aromatic rings. The van der Waals surface area contributed by atoms with Gasteiger partial charge in [0.25, 0.3) is 0 Å². The van der Waals surface area contributed by atoms with Gasteiger partial charge in [0.1, 0.15) is 33.5 Å². The summed E-state index contributed by atoms with van der Waals surface area (Å²) in [4.78, 5) is 0. The second kappa shape index (κ2) is 34.6. The lowest BCUT2D eigenvalue weighted by atomic mass is 9.83. The van der Waals surface area contributed by atoms with Crippen LogP contribution >= 0.6 is 0 Å². The Bertz CT molecular complexity index is 12600. The molecule has 0 spiro atoms. The van der Waals surface area contributed by atoms with E-state index >= 15 is 0 Å². The third kappa shape index (κ3) is 14.0. The smallest absolute Gasteiger partial charge is 0.136 e. The quantitative estimate of drug-likeness (QED) is 0.107. The molecule has 0 unspecified atom stereocenters. The summed E-state index contributed by atoms with van der Waals surface area (Å²) in [5, 5.41) is 24.1. The van der Waals surface area contributed by atoms with Gasteiger partial charge in [0, 0.05) is 32.3 Å². The van der Waals surface area contributed by atoms with Gasteiger partial charge in [0.15, 0.2) is 0 Å². The molecule has 32 rings (SSSR count). The molecule has 3 heterocycles. The van der Waals surface area contributed by atoms with Crippen LogP contribution in [0.3, 0.4) is 0 Å². The number of fused-ring (bicyclic) bond motifs is 25. The van der Waals surface area contributed by atoms with Gasteiger partial charge in [-0.05, 0) is 324 Å². The molecular formula is C146H88O3. The molecule has 0 aliphatic carbocycles. The van der Waals surface area contributed by atoms with Gasteiger partial charge < -0.3 is 13.3 Å². The van der Waals surface area contributed by atoms with Crippen molar-refractivity contribution in [1.82, 2.24) is 0 Å². The Kier molecular flexibility index (Phi) is 14.9. The van der Waals surface area contributed by atoms with Crippen molar-refractivity contribution in [3.63, 3.8) is 0 Å². The summed E-state index contributed by atoms with van der Waals surface area (Å²) in [5.41, 5.74) is 15.4. The van der Waals surface area contributed by atoms with Gasteiger partial charge in [-0.1, -0.05) is 460 Å². The Morgan fingerprint density at radius 2 is 0.356 bits per heavy atom. The Morgan fingerprint density at radius 3 is 0.718 bits per heavy atom. The third-order valence-electron chi connectivity index (χ3n) is 29.8. The van der Waals surface area contributed by atoms with Gasteiger partial charge in [0.05, 0.1) is 32.9 Å². The van der Waals surface area contributed by atoms with Crippen LogP contribution < -0.4 is 0 Å². The number of furan rings is 3. The number of hydrogen-bond acceptors (Lipinski definition) is 3. The SMILES string of the molecule is [2H]c1c([2H])c([2H])c2c(-c3cc4ccccc4c4ccccc34)c3c([2H])c([2H])c([2H])c([2H])c3c(-c3ccc(-c4cccc5oc6cc7ccccc7cc6c45)cc3)c2c1[2H].[2H]c1c([2H])c([2H])c2c(-c3ccc4c(ccc5ccccc54)c3)c3c([2H])c([2H])c([2H])c([2H])c3c(-c3ccc(-c4cccc5oc6cc7ccccc7cc6c45)cc3)c2c1[2H].[2H]c1c([2H])c([2H])c2c(-c3ccc4ccccc4c3)c3c([2H])c([2H])c([2H])c([2H])c3c(-c3ccc(-c4cccc5oc6cc7ccccc7cc6c45)cc3)c2c1[2H]. The molecule has 0 aliphatic heterocycles. The van der Waals surface area contributed by atoms with Crippen molar-refractivity contribution in [3.05, 3.63) is 533 Å². The van der Waals surface area contributed by atoms with Crippen LogP contribution in [-0.2, 0) is 0 Å². The van der Waals surface area contributed by atoms with E-state index in [1.807, 2.05) is 309 Å². The van der Waals surface area contributed by atoms with Crippen LogP contribution in [0.15, 0.2) is 547 Å². The molecule has 0 radical (unpaired) electrons. The molecule has 0 saturated carbocycles. The van der Waals surface area contributed by atoms with Crippen molar-refractivity contribution in [3.8, 4) is 100 Å². The van der Waals surface area contributed by atoms with E-state index in [-0.39, 0.29) is 137 Å². The summed E-state index contributed by atoms with van der Waals surface area (Å²) < 4.78 is 237. The molecule has 0 aliphatic rings. The standard InChI is InChI=1S/2C50H30O.C46H28O/c1-2-12-35-30-47-45(29-34(35)11-1)50-40(18-9-19-46(50)51-47)32-20-23-33(24-21-32)48-41-14-5-7-16-43(41)49(44-17-8-6-15-42(44)48)37-26-27-39-36(28-37)25-22-31-10-3-4-13-38(31)39;1-2-13-34-30-47-45(28-33(34)12-1)50-37(22-11-23-46(50)51-47)31-24-26-32(27-25-31)48-40-18-7-9-20-42(40)49(43-21-10-8-19-41(43)48)44-29-35-14-3-4-15-36(35)38-16-5-6-17-39(38)44;1-2-11-32-26-35(25-20-29(32)10-1)45-39-16-7-5-14-37(39)44(38-15-6-8-17-40(38)45)31-23-21-30(22-24-31)36-18-9-19-42-46(36)41-27-33-12-3-4-13-34(33)28-43(41)47-42/h2*1-30H;1-28H/i5D,6D,7D,8D,14D,15D,16D,17D;7D,8D,9D,10D,18D,19D,20D,21D;5D,6D,7D,8D,14D,15D,16D,17D. The fraction of sp³-hybridized carbons (Fsp3) is 0. The number of rotatable bonds is 9. The summed E-state index contributed by atoms with van der Waals surface area (Å²) in [7, 11) is 0. The molecule has 3 nitrogen and oxygen atoms in total. The fourth-order valence-corrected chi connectivity index (χ4v) is 23.1. The first-order valence-corrected chi connectivity index (χ1v) is 49.4. The Hall–Kier alpha value is -19.6. The van der Waals surface area contributed by atoms with E-state index in [2.05, 4.69) is 78.9 Å². The third-order valence-corrected chi connectivity index (χ3v) is 29.8. The minimum Gasteiger partial charge on any atom is -0.456 e. The van der Waals surface area contributed by atoms with E-state index in [1.165, 1.54) is 0 Å². The second-order valence-electron chi connectivity index (χ2n) is 37.9. The average Bonchev–Trinajstić information content (AvgIpc) is 1.63. The molecule has 0 amide bonds. The Balaban J connectivity index is 0.000000114. The van der Waals surface area contributed by atoms with Gasteiger partial charge in [-0.2, -0.15) is 0 Å². The highest BCUT2D eigenvalue weighted by molar-refractivity contribution is 6.29. The van der Waals surface area contributed by atoms with Gasteiger partial charge in [0.2, 0.25) is 0 Å². The van der Waals surface area contributed by atoms with E-state index in [4.69, 9.17) is 29.7 Å². The molecule has 0 fully saturated rings. The molecule has 3 aromatic heterocycles. The maximum atomic E-state index is 9.47. The number of benzene rings is 29. The van der Waals surface area contributed by atoms with E-state index in [0.717, 1.165) is 185 Å². The van der Waals surface area contributed by atoms with Crippen LogP contribution in [0.2, 0.25) is 0 Å². The van der Waals surface area contributed by atoms with E-state index in [0.29, 0.717) is 66.8 Å². The molecule has 0 bridgehead atoms. The minimum atomic E-state index is -0.430. The predicted octanol–water partition coefficient (Wildman–Crippen LogP) is 41.9. The van der Waals surface area contributed by atoms with Crippen LogP contribution in [0.1, 0.15) is 32.9 Å². The highest BCUT2D eigenvalue weighted by atomic mass is 16.3. The molecule has 690 valence electrons. The molecule has 0 saturated heterocycles. The summed E-state index contributed by atoms with van der Waals surface area (Å²) >= 11 is 0. The molecule has 0 N–H and O–H groups in total. The van der Waals surface area contributed by atoms with Crippen molar-refractivity contribution < 1.29 is 46.1 Å². The second-order valence-corrected chi connectivity index (χ2v) is 37.9. The van der Waals surface area contributed by atoms with Gasteiger partial charge >= 0.3 is 0 Å². The molecule has 29 aromatic carbocycles. The molecule has 3 heteroatoms. The van der Waals surface area contributed by atoms with Crippen molar-refractivity contribution in [2.75, 3.05) is 0 Å². The van der Waals surface area contributed by atoms with Crippen LogP contribution in [-0.4, -0.2) is 0 Å². The van der Waals surface area contributed by atoms with Crippen molar-refractivity contribution in [2.45, 2.75) is 0 Å². The lowest BCUT2D eigenvalue weighted by Crippen LogP contribution is -1.92. The topological polar surface area (TPSA) is 39.4 Å². The molecular weight excluding hydrogens is 1800 g/mol. The van der Waals surface area contributed by atoms with Gasteiger partial charge in [-0.3, -0.25) is 0 Å². The maximum Gasteiger partial charge on any atom is 0.136 e. The summed E-state index contributed by atoms with van der Waals surface area (Å²) in [6.45, 7) is 0. The van der Waals surface area contributed by atoms with E-state index < -0.39 is 72.5 Å². The fourth-order valence-electron chi connectivity index (χ4n) is 23.1. The predicted molar refractivity (Wildman–Crippen MR) is 635 cm³/mol. The van der Waals surface area contributed by atoms with E-state index in [1.54, 1.807) is 0 Å². The summed E-state index contributed by atoms with van der Waals surface area (Å²) in [6, 6.07) is 118. The highest BCUT2D eigenvalue weighted by Gasteiger charge is 2.26. The largest absolute Gasteiger partial charge is 0.456 e. The monoisotopic (exact) mass is 1910 g/mol. The first kappa shape index (κ1) is 64.1. The first-order valence-electron chi connectivity index (χ1n) is 61.4. The summed E-state index contributed by atoms with van der Waals surface area (Å²) in [5.74, 6) is 0. The van der Waals surface area contributed by atoms with Crippen LogP contribution in [0.25, 0.3) is 317 Å². The van der Waals surface area contributed by atoms with Crippen molar-refractivity contribution in [1.29, 1.82) is 0 Å². The Labute approximate surface area is 891 Å². The zero-order valence-electron chi connectivity index (χ0n) is 103. The first-order chi connectivity index (χ1) is 83.8. The molecule has 0 atom stereocenters. The average molecular weight is 1910 g/mol. The van der Waals surface area contributed by atoms with Crippen molar-refractivity contribution >= 4 is 217 Å². The number of hydrogen-bond donors (Lipinski definition) is 0. The van der Waals surface area contributed by atoms with Crippen molar-refractivity contribution in [2.24, 2.45) is 0 Å². The van der Waals surface area contributed by atoms with Crippen LogP contribution in [0, 0.1) is 0 Å². The van der Waals surface area contributed by atoms with E-state index in [9.17, 15) is 16.4 Å². The zero-order valence-corrected chi connectivity index (χ0v) is 79.2. The maximum absolute atomic E-state index is 9.47. The van der Waals surface area contributed by atoms with Gasteiger partial charge in [-0.15, -0.1) is 0 Å². The zero-order chi connectivity index (χ0) is 119. The van der Waals surface area contributed by atoms with Gasteiger partial charge in [-0.25, -0.2) is 0 Å². The lowest BCUT2D eigenvalue weighted by Gasteiger charge is -2.19. The normalized spacial score (nSPS) is 14.1.